The van der Waals surface area contributed by atoms with Gasteiger partial charge in [-0.25, -0.2) is 9.59 Å². The fourth-order valence-electron chi connectivity index (χ4n) is 1.08. The molecule has 0 rings (SSSR count). The van der Waals surface area contributed by atoms with Crippen LogP contribution in [0.4, 0.5) is 4.79 Å². The first-order chi connectivity index (χ1) is 8.51. The number of aliphatic hydroxyl groups excluding tert-OH is 1. The standard InChI is InChI=1S/C10H19N3O5/c1-2-4-11-8(15)6-12-10(18)13-7(3-5-14)9(16)17/h7,14H,2-6H2,1H3,(H,11,15)(H,16,17)(H2,12,13,18). The van der Waals surface area contributed by atoms with E-state index in [2.05, 4.69) is 16.0 Å². The lowest BCUT2D eigenvalue weighted by atomic mass is 10.2. The van der Waals surface area contributed by atoms with Crippen LogP contribution in [0, 0.1) is 0 Å². The number of carbonyl (C=O) groups is 3. The van der Waals surface area contributed by atoms with Crippen LogP contribution in [0.5, 0.6) is 0 Å². The van der Waals surface area contributed by atoms with E-state index in [9.17, 15) is 14.4 Å². The number of aliphatic carboxylic acids is 1. The number of aliphatic hydroxyl groups is 1. The fraction of sp³-hybridized carbons (Fsp3) is 0.700. The van der Waals surface area contributed by atoms with E-state index in [0.29, 0.717) is 6.54 Å². The van der Waals surface area contributed by atoms with Crippen LogP contribution in [-0.2, 0) is 9.59 Å². The highest BCUT2D eigenvalue weighted by molar-refractivity contribution is 5.86. The molecule has 1 unspecified atom stereocenters. The smallest absolute Gasteiger partial charge is 0.326 e. The second-order valence-corrected chi connectivity index (χ2v) is 3.58. The monoisotopic (exact) mass is 261 g/mol. The first-order valence-electron chi connectivity index (χ1n) is 5.66. The van der Waals surface area contributed by atoms with Crippen LogP contribution in [-0.4, -0.2) is 53.9 Å². The molecule has 0 fully saturated rings. The summed E-state index contributed by atoms with van der Waals surface area (Å²) in [6.07, 6.45) is 0.695. The number of hydrogen-bond acceptors (Lipinski definition) is 4. The summed E-state index contributed by atoms with van der Waals surface area (Å²) in [5.74, 6) is -1.59. The van der Waals surface area contributed by atoms with E-state index in [0.717, 1.165) is 6.42 Å². The first-order valence-corrected chi connectivity index (χ1v) is 5.66. The van der Waals surface area contributed by atoms with Gasteiger partial charge in [0, 0.05) is 19.6 Å². The summed E-state index contributed by atoms with van der Waals surface area (Å²) in [4.78, 5) is 33.1. The first kappa shape index (κ1) is 16.2. The van der Waals surface area contributed by atoms with E-state index in [1.54, 1.807) is 0 Å². The summed E-state index contributed by atoms with van der Waals surface area (Å²) in [7, 11) is 0. The van der Waals surface area contributed by atoms with Crippen LogP contribution in [0.2, 0.25) is 0 Å². The van der Waals surface area contributed by atoms with Crippen molar-refractivity contribution in [2.75, 3.05) is 19.7 Å². The van der Waals surface area contributed by atoms with Gasteiger partial charge in [0.1, 0.15) is 6.04 Å². The van der Waals surface area contributed by atoms with E-state index < -0.39 is 18.0 Å². The highest BCUT2D eigenvalue weighted by atomic mass is 16.4. The van der Waals surface area contributed by atoms with Crippen LogP contribution in [0.15, 0.2) is 0 Å². The molecule has 1 atom stereocenters. The zero-order valence-electron chi connectivity index (χ0n) is 10.2. The van der Waals surface area contributed by atoms with E-state index in [1.807, 2.05) is 6.92 Å². The highest BCUT2D eigenvalue weighted by Crippen LogP contribution is 1.90. The third-order valence-corrected chi connectivity index (χ3v) is 2.00. The van der Waals surface area contributed by atoms with Crippen molar-refractivity contribution >= 4 is 17.9 Å². The molecular weight excluding hydrogens is 242 g/mol. The van der Waals surface area contributed by atoms with Crippen molar-refractivity contribution in [1.29, 1.82) is 0 Å². The van der Waals surface area contributed by atoms with Crippen LogP contribution in [0.25, 0.3) is 0 Å². The third kappa shape index (κ3) is 7.44. The van der Waals surface area contributed by atoms with Gasteiger partial charge in [-0.05, 0) is 6.42 Å². The molecule has 5 N–H and O–H groups in total. The molecular formula is C10H19N3O5. The molecule has 0 saturated heterocycles. The predicted octanol–water partition coefficient (Wildman–Crippen LogP) is -1.35. The Balaban J connectivity index is 3.94. The lowest BCUT2D eigenvalue weighted by molar-refractivity contribution is -0.139. The molecule has 0 aliphatic rings. The van der Waals surface area contributed by atoms with Crippen molar-refractivity contribution in [2.45, 2.75) is 25.8 Å². The molecule has 0 aromatic heterocycles. The lowest BCUT2D eigenvalue weighted by Gasteiger charge is -2.13. The highest BCUT2D eigenvalue weighted by Gasteiger charge is 2.19. The molecule has 0 aromatic rings. The zero-order valence-corrected chi connectivity index (χ0v) is 10.2. The summed E-state index contributed by atoms with van der Waals surface area (Å²) in [5.41, 5.74) is 0. The van der Waals surface area contributed by atoms with Crippen molar-refractivity contribution in [2.24, 2.45) is 0 Å². The largest absolute Gasteiger partial charge is 0.480 e. The topological polar surface area (TPSA) is 128 Å². The Morgan fingerprint density at radius 3 is 2.39 bits per heavy atom. The van der Waals surface area contributed by atoms with Crippen molar-refractivity contribution in [3.63, 3.8) is 0 Å². The van der Waals surface area contributed by atoms with Gasteiger partial charge in [-0.1, -0.05) is 6.92 Å². The fourth-order valence-corrected chi connectivity index (χ4v) is 1.08. The summed E-state index contributed by atoms with van der Waals surface area (Å²) >= 11 is 0. The van der Waals surface area contributed by atoms with Crippen LogP contribution in [0.1, 0.15) is 19.8 Å². The van der Waals surface area contributed by atoms with Crippen molar-refractivity contribution in [1.82, 2.24) is 16.0 Å². The van der Waals surface area contributed by atoms with Crippen molar-refractivity contribution in [3.05, 3.63) is 0 Å². The van der Waals surface area contributed by atoms with Gasteiger partial charge < -0.3 is 26.2 Å². The number of carboxylic acids is 1. The van der Waals surface area contributed by atoms with Gasteiger partial charge in [0.15, 0.2) is 0 Å². The summed E-state index contributed by atoms with van der Waals surface area (Å²) < 4.78 is 0. The molecule has 0 saturated carbocycles. The molecule has 0 spiro atoms. The minimum atomic E-state index is -1.24. The number of urea groups is 1. The normalized spacial score (nSPS) is 11.4. The Kier molecular flexibility index (Phi) is 8.29. The second kappa shape index (κ2) is 9.23. The Hall–Kier alpha value is -1.83. The molecule has 0 radical (unpaired) electrons. The maximum absolute atomic E-state index is 11.3. The van der Waals surface area contributed by atoms with Gasteiger partial charge in [0.2, 0.25) is 5.91 Å². The molecule has 0 aromatic carbocycles. The Bertz CT molecular complexity index is 295. The minimum absolute atomic E-state index is 0.0925. The summed E-state index contributed by atoms with van der Waals surface area (Å²) in [5, 5.41) is 24.2. The number of amides is 3. The molecule has 18 heavy (non-hydrogen) atoms. The summed E-state index contributed by atoms with van der Waals surface area (Å²) in [6.45, 7) is 1.84. The maximum Gasteiger partial charge on any atom is 0.326 e. The quantitative estimate of drug-likeness (QED) is 0.369. The predicted molar refractivity (Wildman–Crippen MR) is 63.0 cm³/mol. The number of carboxylic acid groups (broad SMARTS) is 1. The van der Waals surface area contributed by atoms with E-state index >= 15 is 0 Å². The average Bonchev–Trinajstić information content (AvgIpc) is 2.33. The van der Waals surface area contributed by atoms with E-state index in [-0.39, 0.29) is 25.5 Å². The third-order valence-electron chi connectivity index (χ3n) is 2.00. The molecule has 3 amide bonds. The van der Waals surface area contributed by atoms with Gasteiger partial charge in [-0.15, -0.1) is 0 Å². The lowest BCUT2D eigenvalue weighted by Crippen LogP contribution is -2.48. The van der Waals surface area contributed by atoms with Crippen LogP contribution in [0.3, 0.4) is 0 Å². The van der Waals surface area contributed by atoms with E-state index in [4.69, 9.17) is 10.2 Å². The van der Waals surface area contributed by atoms with Gasteiger partial charge >= 0.3 is 12.0 Å². The van der Waals surface area contributed by atoms with Gasteiger partial charge in [-0.2, -0.15) is 0 Å². The SMILES string of the molecule is CCCNC(=O)CNC(=O)NC(CCO)C(=O)O. The van der Waals surface area contributed by atoms with Gasteiger partial charge in [0.05, 0.1) is 6.54 Å². The Morgan fingerprint density at radius 1 is 1.22 bits per heavy atom. The second-order valence-electron chi connectivity index (χ2n) is 3.58. The Labute approximate surface area is 105 Å². The molecule has 0 aliphatic carbocycles. The Morgan fingerprint density at radius 2 is 1.89 bits per heavy atom. The average molecular weight is 261 g/mol. The number of nitrogens with one attached hydrogen (secondary N) is 3. The number of hydrogen-bond donors (Lipinski definition) is 5. The zero-order chi connectivity index (χ0) is 14.0. The number of carbonyl (C=O) groups excluding carboxylic acids is 2. The van der Waals surface area contributed by atoms with Crippen molar-refractivity contribution in [3.8, 4) is 0 Å². The number of rotatable bonds is 8. The molecule has 8 nitrogen and oxygen atoms in total. The van der Waals surface area contributed by atoms with Gasteiger partial charge in [0.25, 0.3) is 0 Å². The molecule has 8 heteroatoms. The molecule has 0 heterocycles. The maximum atomic E-state index is 11.3. The molecule has 0 aliphatic heterocycles. The molecule has 0 bridgehead atoms. The summed E-state index contributed by atoms with van der Waals surface area (Å²) in [6, 6.07) is -1.93. The van der Waals surface area contributed by atoms with Gasteiger partial charge in [-0.3, -0.25) is 4.79 Å². The van der Waals surface area contributed by atoms with Crippen LogP contribution >= 0.6 is 0 Å². The van der Waals surface area contributed by atoms with Crippen molar-refractivity contribution < 1.29 is 24.6 Å². The molecule has 104 valence electrons. The van der Waals surface area contributed by atoms with E-state index in [1.165, 1.54) is 0 Å². The van der Waals surface area contributed by atoms with Crippen LogP contribution < -0.4 is 16.0 Å². The minimum Gasteiger partial charge on any atom is -0.480 e.